The third kappa shape index (κ3) is 3.17. The smallest absolute Gasteiger partial charge is 0.150 e. The van der Waals surface area contributed by atoms with Crippen molar-refractivity contribution in [3.63, 3.8) is 0 Å². The molecule has 86 valence electrons. The topological polar surface area (TPSA) is 38.1 Å². The predicted molar refractivity (Wildman–Crippen MR) is 68.4 cm³/mol. The van der Waals surface area contributed by atoms with Gasteiger partial charge in [0.1, 0.15) is 0 Å². The number of halogens is 1. The van der Waals surface area contributed by atoms with Crippen molar-refractivity contribution in [2.24, 2.45) is 0 Å². The molecule has 0 amide bonds. The van der Waals surface area contributed by atoms with E-state index < -0.39 is 0 Å². The van der Waals surface area contributed by atoms with Crippen LogP contribution in [0.1, 0.15) is 23.9 Å². The number of aromatic nitrogens is 1. The molecule has 2 rings (SSSR count). The van der Waals surface area contributed by atoms with Crippen molar-refractivity contribution >= 4 is 27.3 Å². The van der Waals surface area contributed by atoms with Crippen molar-refractivity contribution in [3.8, 4) is 0 Å². The molecule has 0 aliphatic carbocycles. The van der Waals surface area contributed by atoms with Crippen molar-refractivity contribution in [2.75, 3.05) is 0 Å². The molecule has 0 aromatic carbocycles. The van der Waals surface area contributed by atoms with E-state index in [1.54, 1.807) is 11.3 Å². The summed E-state index contributed by atoms with van der Waals surface area (Å²) in [7, 11) is 0. The molecule has 0 unspecified atom stereocenters. The molecule has 0 saturated heterocycles. The molecule has 3 nitrogen and oxygen atoms in total. The van der Waals surface area contributed by atoms with Gasteiger partial charge in [-0.25, -0.2) is 0 Å². The lowest BCUT2D eigenvalue weighted by molar-refractivity contribution is 0.368. The molecule has 0 bridgehead atoms. The van der Waals surface area contributed by atoms with Gasteiger partial charge in [0.05, 0.1) is 16.0 Å². The monoisotopic (exact) mass is 300 g/mol. The fourth-order valence-corrected chi connectivity index (χ4v) is 2.58. The highest BCUT2D eigenvalue weighted by Crippen LogP contribution is 2.20. The van der Waals surface area contributed by atoms with Gasteiger partial charge >= 0.3 is 0 Å². The Balaban J connectivity index is 1.79. The van der Waals surface area contributed by atoms with Crippen molar-refractivity contribution in [3.05, 3.63) is 38.3 Å². The Kier molecular flexibility index (Phi) is 4.15. The fourth-order valence-electron chi connectivity index (χ4n) is 1.37. The second kappa shape index (κ2) is 5.61. The highest BCUT2D eigenvalue weighted by atomic mass is 79.9. The first kappa shape index (κ1) is 11.8. The minimum atomic E-state index is 0.723. The maximum absolute atomic E-state index is 5.18. The van der Waals surface area contributed by atoms with Crippen LogP contribution in [0.5, 0.6) is 0 Å². The normalized spacial score (nSPS) is 10.9. The molecule has 2 aromatic heterocycles. The molecule has 0 atom stereocenters. The fraction of sp³-hybridized carbons (Fsp3) is 0.364. The minimum Gasteiger partial charge on any atom is -0.360 e. The SMILES string of the molecule is CCc1cc(CNCc2csc(Br)c2)on1. The van der Waals surface area contributed by atoms with Crippen LogP contribution in [0.2, 0.25) is 0 Å². The third-order valence-electron chi connectivity index (χ3n) is 2.22. The summed E-state index contributed by atoms with van der Waals surface area (Å²) in [6.07, 6.45) is 0.918. The van der Waals surface area contributed by atoms with Gasteiger partial charge in [-0.3, -0.25) is 0 Å². The summed E-state index contributed by atoms with van der Waals surface area (Å²) in [5, 5.41) is 9.40. The van der Waals surface area contributed by atoms with Crippen molar-refractivity contribution in [1.29, 1.82) is 0 Å². The maximum Gasteiger partial charge on any atom is 0.150 e. The van der Waals surface area contributed by atoms with E-state index >= 15 is 0 Å². The maximum atomic E-state index is 5.18. The number of rotatable bonds is 5. The highest BCUT2D eigenvalue weighted by molar-refractivity contribution is 9.11. The van der Waals surface area contributed by atoms with E-state index in [-0.39, 0.29) is 0 Å². The number of hydrogen-bond donors (Lipinski definition) is 1. The van der Waals surface area contributed by atoms with E-state index in [4.69, 9.17) is 4.52 Å². The molecule has 0 radical (unpaired) electrons. The van der Waals surface area contributed by atoms with Crippen LogP contribution in [-0.2, 0) is 19.5 Å². The van der Waals surface area contributed by atoms with E-state index in [9.17, 15) is 0 Å². The van der Waals surface area contributed by atoms with Crippen LogP contribution in [0.3, 0.4) is 0 Å². The Morgan fingerprint density at radius 3 is 2.94 bits per heavy atom. The van der Waals surface area contributed by atoms with Gasteiger partial charge < -0.3 is 9.84 Å². The molecule has 0 fully saturated rings. The molecular weight excluding hydrogens is 288 g/mol. The van der Waals surface area contributed by atoms with Gasteiger partial charge in [0, 0.05) is 12.6 Å². The van der Waals surface area contributed by atoms with Gasteiger partial charge in [0.25, 0.3) is 0 Å². The molecular formula is C11H13BrN2OS. The zero-order valence-corrected chi connectivity index (χ0v) is 11.4. The molecule has 0 saturated carbocycles. The predicted octanol–water partition coefficient (Wildman–Crippen LogP) is 3.35. The third-order valence-corrected chi connectivity index (χ3v) is 3.77. The Morgan fingerprint density at radius 1 is 1.44 bits per heavy atom. The number of nitrogens with zero attached hydrogens (tertiary/aromatic N) is 1. The minimum absolute atomic E-state index is 0.723. The summed E-state index contributed by atoms with van der Waals surface area (Å²) in [6.45, 7) is 3.64. The molecule has 0 aliphatic rings. The van der Waals surface area contributed by atoms with Crippen molar-refractivity contribution < 1.29 is 4.52 Å². The second-order valence-corrected chi connectivity index (χ2v) is 5.79. The van der Waals surface area contributed by atoms with Gasteiger partial charge in [0.2, 0.25) is 0 Å². The van der Waals surface area contributed by atoms with E-state index in [2.05, 4.69) is 44.8 Å². The number of thiophene rings is 1. The lowest BCUT2D eigenvalue weighted by atomic mass is 10.3. The summed E-state index contributed by atoms with van der Waals surface area (Å²) in [6, 6.07) is 4.12. The zero-order chi connectivity index (χ0) is 11.4. The summed E-state index contributed by atoms with van der Waals surface area (Å²) in [5.41, 5.74) is 2.29. The lowest BCUT2D eigenvalue weighted by Gasteiger charge is -1.98. The van der Waals surface area contributed by atoms with Gasteiger partial charge in [-0.15, -0.1) is 11.3 Å². The zero-order valence-electron chi connectivity index (χ0n) is 9.00. The Bertz CT molecular complexity index is 452. The second-order valence-electron chi connectivity index (χ2n) is 3.50. The van der Waals surface area contributed by atoms with Crippen molar-refractivity contribution in [1.82, 2.24) is 10.5 Å². The average molecular weight is 301 g/mol. The van der Waals surface area contributed by atoms with E-state index in [0.29, 0.717) is 0 Å². The first-order valence-electron chi connectivity index (χ1n) is 5.16. The Labute approximate surface area is 107 Å². The molecule has 16 heavy (non-hydrogen) atoms. The average Bonchev–Trinajstić information content (AvgIpc) is 2.88. The molecule has 0 aliphatic heterocycles. The van der Waals surface area contributed by atoms with E-state index in [0.717, 1.165) is 34.8 Å². The first-order chi connectivity index (χ1) is 7.78. The van der Waals surface area contributed by atoms with Crippen LogP contribution >= 0.6 is 27.3 Å². The molecule has 1 N–H and O–H groups in total. The van der Waals surface area contributed by atoms with Gasteiger partial charge in [0.15, 0.2) is 5.76 Å². The van der Waals surface area contributed by atoms with E-state index in [1.165, 1.54) is 5.56 Å². The molecule has 0 spiro atoms. The number of hydrogen-bond acceptors (Lipinski definition) is 4. The first-order valence-corrected chi connectivity index (χ1v) is 6.83. The highest BCUT2D eigenvalue weighted by Gasteiger charge is 2.02. The summed E-state index contributed by atoms with van der Waals surface area (Å²) in [5.74, 6) is 0.895. The van der Waals surface area contributed by atoms with Crippen LogP contribution in [0.25, 0.3) is 0 Å². The van der Waals surface area contributed by atoms with Crippen LogP contribution in [0, 0.1) is 0 Å². The van der Waals surface area contributed by atoms with Crippen LogP contribution < -0.4 is 5.32 Å². The Morgan fingerprint density at radius 2 is 2.31 bits per heavy atom. The number of aryl methyl sites for hydroxylation is 1. The van der Waals surface area contributed by atoms with Gasteiger partial charge in [-0.05, 0) is 39.4 Å². The van der Waals surface area contributed by atoms with Gasteiger partial charge in [-0.2, -0.15) is 0 Å². The van der Waals surface area contributed by atoms with E-state index in [1.807, 2.05) is 6.07 Å². The molecule has 2 aromatic rings. The summed E-state index contributed by atoms with van der Waals surface area (Å²) in [4.78, 5) is 0. The van der Waals surface area contributed by atoms with Crippen LogP contribution in [-0.4, -0.2) is 5.16 Å². The number of nitrogens with one attached hydrogen (secondary N) is 1. The largest absolute Gasteiger partial charge is 0.360 e. The molecule has 2 heterocycles. The quantitative estimate of drug-likeness (QED) is 0.920. The van der Waals surface area contributed by atoms with Crippen LogP contribution in [0.4, 0.5) is 0 Å². The Hall–Kier alpha value is -0.650. The summed E-state index contributed by atoms with van der Waals surface area (Å²) >= 11 is 5.14. The summed E-state index contributed by atoms with van der Waals surface area (Å²) < 4.78 is 6.34. The molecule has 5 heteroatoms. The van der Waals surface area contributed by atoms with Crippen molar-refractivity contribution in [2.45, 2.75) is 26.4 Å². The lowest BCUT2D eigenvalue weighted by Crippen LogP contribution is -2.11. The van der Waals surface area contributed by atoms with Crippen LogP contribution in [0.15, 0.2) is 25.8 Å². The standard InChI is InChI=1S/C11H13BrN2OS/c1-2-9-4-10(15-14-9)6-13-5-8-3-11(12)16-7-8/h3-4,7,13H,2,5-6H2,1H3. The van der Waals surface area contributed by atoms with Gasteiger partial charge in [-0.1, -0.05) is 12.1 Å².